The molecule has 0 aliphatic carbocycles. The van der Waals surface area contributed by atoms with Crippen molar-refractivity contribution in [3.05, 3.63) is 71.8 Å². The molecule has 0 fully saturated rings. The van der Waals surface area contributed by atoms with Gasteiger partial charge in [-0.2, -0.15) is 0 Å². The third-order valence-corrected chi connectivity index (χ3v) is 3.87. The molecule has 0 aliphatic rings. The maximum absolute atomic E-state index is 6.88. The van der Waals surface area contributed by atoms with Crippen LogP contribution in [-0.4, -0.2) is 6.16 Å². The Bertz CT molecular complexity index is 419. The Labute approximate surface area is 126 Å². The normalized spacial score (nSPS) is 10.8. The first-order valence-electron chi connectivity index (χ1n) is 5.77. The van der Waals surface area contributed by atoms with Gasteiger partial charge in [-0.15, -0.1) is 20.8 Å². The van der Waals surface area contributed by atoms with E-state index in [9.17, 15) is 0 Å². The van der Waals surface area contributed by atoms with Crippen LogP contribution in [0.2, 0.25) is 0 Å². The zero-order chi connectivity index (χ0) is 12.1. The second-order valence-electron chi connectivity index (χ2n) is 4.07. The molecule has 0 bridgehead atoms. The molecule has 18 heavy (non-hydrogen) atoms. The van der Waals surface area contributed by atoms with Crippen molar-refractivity contribution >= 4 is 20.8 Å². The number of alkyl halides is 1. The second-order valence-corrected chi connectivity index (χ2v) is 5.29. The van der Waals surface area contributed by atoms with Crippen LogP contribution in [0.5, 0.6) is 0 Å². The summed E-state index contributed by atoms with van der Waals surface area (Å²) in [6.07, 6.45) is 1.89. The van der Waals surface area contributed by atoms with Crippen LogP contribution < -0.4 is 0 Å². The molecule has 2 rings (SSSR count). The number of hydrogen-bond donors (Lipinski definition) is 0. The average molecular weight is 321 g/mol. The van der Waals surface area contributed by atoms with Crippen LogP contribution in [0.1, 0.15) is 17.5 Å². The Morgan fingerprint density at radius 2 is 1.22 bits per heavy atom. The third-order valence-electron chi connectivity index (χ3n) is 2.95. The van der Waals surface area contributed by atoms with Crippen molar-refractivity contribution in [2.75, 3.05) is 6.16 Å². The van der Waals surface area contributed by atoms with Crippen LogP contribution in [0.3, 0.4) is 0 Å². The van der Waals surface area contributed by atoms with E-state index in [1.54, 1.807) is 0 Å². The van der Waals surface area contributed by atoms with Gasteiger partial charge in [0.1, 0.15) is 0 Å². The Morgan fingerprint density at radius 1 is 0.833 bits per heavy atom. The monoisotopic (exact) mass is 320 g/mol. The van der Waals surface area contributed by atoms with E-state index in [0.717, 1.165) is 23.7 Å². The molecule has 0 radical (unpaired) electrons. The molecule has 0 saturated carbocycles. The largest absolute Gasteiger partial charge is 0.138 e. The van der Waals surface area contributed by atoms with Gasteiger partial charge in [-0.1, -0.05) is 60.7 Å². The van der Waals surface area contributed by atoms with Crippen molar-refractivity contribution in [1.82, 2.24) is 0 Å². The van der Waals surface area contributed by atoms with Gasteiger partial charge in [0.15, 0.2) is 0 Å². The number of hydrogen-bond acceptors (Lipinski definition) is 0. The minimum Gasteiger partial charge on any atom is -0.138 e. The summed E-state index contributed by atoms with van der Waals surface area (Å²) in [5.74, 6) is 0. The summed E-state index contributed by atoms with van der Waals surface area (Å²) in [6, 6.07) is 20.6. The van der Waals surface area contributed by atoms with Gasteiger partial charge in [0.25, 0.3) is 0 Å². The van der Waals surface area contributed by atoms with Crippen molar-refractivity contribution in [2.45, 2.75) is 11.3 Å². The van der Waals surface area contributed by atoms with E-state index in [2.05, 4.69) is 33.5 Å². The summed E-state index contributed by atoms with van der Waals surface area (Å²) in [5.41, 5.74) is 2.32. The van der Waals surface area contributed by atoms with E-state index in [4.69, 9.17) is 11.6 Å². The first kappa shape index (κ1) is 15.7. The molecule has 0 aliphatic heterocycles. The van der Waals surface area contributed by atoms with Crippen LogP contribution in [-0.2, 0) is 21.4 Å². The predicted octanol–water partition coefficient (Wildman–Crippen LogP) is 4.43. The number of halogens is 1. The zero-order valence-electron chi connectivity index (χ0n) is 9.96. The maximum atomic E-state index is 6.88. The van der Waals surface area contributed by atoms with Crippen molar-refractivity contribution in [3.63, 3.8) is 0 Å². The first-order valence-corrected chi connectivity index (χ1v) is 6.97. The molecule has 0 aromatic heterocycles. The SMILES string of the molecule is PCCC(Cl)(c1ccccc1)c1ccccc1.[Ni]. The summed E-state index contributed by atoms with van der Waals surface area (Å²) in [6.45, 7) is 0. The molecule has 3 heteroatoms. The number of rotatable bonds is 4. The van der Waals surface area contributed by atoms with E-state index in [1.165, 1.54) is 0 Å². The molecule has 0 heterocycles. The molecule has 0 N–H and O–H groups in total. The van der Waals surface area contributed by atoms with Crippen molar-refractivity contribution < 1.29 is 16.5 Å². The van der Waals surface area contributed by atoms with Crippen LogP contribution in [0.4, 0.5) is 0 Å². The van der Waals surface area contributed by atoms with Crippen LogP contribution >= 0.6 is 20.8 Å². The van der Waals surface area contributed by atoms with E-state index in [-0.39, 0.29) is 16.5 Å². The summed E-state index contributed by atoms with van der Waals surface area (Å²) in [7, 11) is 2.76. The fourth-order valence-electron chi connectivity index (χ4n) is 2.06. The topological polar surface area (TPSA) is 0 Å². The van der Waals surface area contributed by atoms with Gasteiger partial charge >= 0.3 is 0 Å². The molecule has 0 spiro atoms. The standard InChI is InChI=1S/C15H16ClP.Ni/c16-15(11-12-17,13-7-3-1-4-8-13)14-9-5-2-6-10-14;/h1-10H,11-12,17H2;. The van der Waals surface area contributed by atoms with Gasteiger partial charge in [-0.05, 0) is 23.7 Å². The summed E-state index contributed by atoms with van der Waals surface area (Å²) in [4.78, 5) is -0.412. The smallest absolute Gasteiger partial charge is 0.0947 e. The maximum Gasteiger partial charge on any atom is 0.0947 e. The molecule has 2 aromatic carbocycles. The summed E-state index contributed by atoms with van der Waals surface area (Å²) < 4.78 is 0. The van der Waals surface area contributed by atoms with Crippen LogP contribution in [0.15, 0.2) is 60.7 Å². The Morgan fingerprint density at radius 3 is 1.56 bits per heavy atom. The first-order chi connectivity index (χ1) is 8.27. The van der Waals surface area contributed by atoms with Crippen molar-refractivity contribution in [1.29, 1.82) is 0 Å². The second kappa shape index (κ2) is 7.29. The quantitative estimate of drug-likeness (QED) is 0.444. The molecule has 1 unspecified atom stereocenters. The van der Waals surface area contributed by atoms with E-state index < -0.39 is 4.87 Å². The fraction of sp³-hybridized carbons (Fsp3) is 0.200. The molecule has 0 saturated heterocycles. The molecular formula is C15H16ClNiP. The molecule has 98 valence electrons. The van der Waals surface area contributed by atoms with Crippen LogP contribution in [0, 0.1) is 0 Å². The van der Waals surface area contributed by atoms with Gasteiger partial charge in [0, 0.05) is 16.5 Å². The zero-order valence-corrected chi connectivity index (χ0v) is 12.9. The molecule has 0 amide bonds. The minimum atomic E-state index is -0.412. The van der Waals surface area contributed by atoms with Gasteiger partial charge in [-0.3, -0.25) is 0 Å². The van der Waals surface area contributed by atoms with Crippen molar-refractivity contribution in [2.24, 2.45) is 0 Å². The van der Waals surface area contributed by atoms with Gasteiger partial charge in [-0.25, -0.2) is 0 Å². The predicted molar refractivity (Wildman–Crippen MR) is 78.7 cm³/mol. The third kappa shape index (κ3) is 3.35. The molecule has 2 aromatic rings. The van der Waals surface area contributed by atoms with Gasteiger partial charge < -0.3 is 0 Å². The van der Waals surface area contributed by atoms with Gasteiger partial charge in [0.05, 0.1) is 4.87 Å². The van der Waals surface area contributed by atoms with E-state index in [0.29, 0.717) is 0 Å². The minimum absolute atomic E-state index is 0. The van der Waals surface area contributed by atoms with E-state index in [1.807, 2.05) is 36.4 Å². The Balaban J connectivity index is 0.00000162. The Hall–Kier alpha value is -0.346. The van der Waals surface area contributed by atoms with Gasteiger partial charge in [0.2, 0.25) is 0 Å². The Kier molecular flexibility index (Phi) is 6.37. The van der Waals surface area contributed by atoms with Crippen molar-refractivity contribution in [3.8, 4) is 0 Å². The molecule has 1 atom stereocenters. The average Bonchev–Trinajstić information content (AvgIpc) is 2.41. The molecule has 0 nitrogen and oxygen atoms in total. The molecular weight excluding hydrogens is 305 g/mol. The van der Waals surface area contributed by atoms with E-state index >= 15 is 0 Å². The number of benzene rings is 2. The summed E-state index contributed by atoms with van der Waals surface area (Å²) >= 11 is 6.88. The summed E-state index contributed by atoms with van der Waals surface area (Å²) in [5, 5.41) is 0. The fourth-order valence-corrected chi connectivity index (χ4v) is 3.04. The van der Waals surface area contributed by atoms with Crippen LogP contribution in [0.25, 0.3) is 0 Å².